The van der Waals surface area contributed by atoms with Crippen molar-refractivity contribution in [2.24, 2.45) is 5.92 Å². The van der Waals surface area contributed by atoms with Crippen LogP contribution >= 0.6 is 0 Å². The number of rotatable bonds is 5. The van der Waals surface area contributed by atoms with Crippen LogP contribution in [0.25, 0.3) is 0 Å². The van der Waals surface area contributed by atoms with Gasteiger partial charge in [0, 0.05) is 6.54 Å². The Morgan fingerprint density at radius 3 is 2.81 bits per heavy atom. The molecule has 5 nitrogen and oxygen atoms in total. The van der Waals surface area contributed by atoms with E-state index in [2.05, 4.69) is 15.6 Å². The van der Waals surface area contributed by atoms with Gasteiger partial charge in [0.25, 0.3) is 5.91 Å². The minimum absolute atomic E-state index is 0.108. The normalized spacial score (nSPS) is 15.7. The summed E-state index contributed by atoms with van der Waals surface area (Å²) in [5.41, 5.74) is 1.22. The van der Waals surface area contributed by atoms with Gasteiger partial charge >= 0.3 is 0 Å². The molecule has 1 unspecified atom stereocenters. The van der Waals surface area contributed by atoms with Crippen LogP contribution in [0.4, 0.5) is 4.39 Å². The van der Waals surface area contributed by atoms with Crippen molar-refractivity contribution < 1.29 is 9.18 Å². The molecule has 0 saturated heterocycles. The van der Waals surface area contributed by atoms with Crippen LogP contribution in [0.15, 0.2) is 30.5 Å². The number of amides is 1. The smallest absolute Gasteiger partial charge is 0.273 e. The van der Waals surface area contributed by atoms with Crippen molar-refractivity contribution in [3.63, 3.8) is 0 Å². The zero-order chi connectivity index (χ0) is 14.8. The van der Waals surface area contributed by atoms with Gasteiger partial charge in [-0.2, -0.15) is 0 Å². The summed E-state index contributed by atoms with van der Waals surface area (Å²) in [7, 11) is 0. The number of carbonyl (C=O) groups is 1. The molecule has 1 heterocycles. The predicted octanol–water partition coefficient (Wildman–Crippen LogP) is 2.17. The summed E-state index contributed by atoms with van der Waals surface area (Å²) in [5.74, 6) is 0.159. The first kappa shape index (κ1) is 13.7. The largest absolute Gasteiger partial charge is 0.350 e. The average molecular weight is 288 g/mol. The molecule has 1 aromatic carbocycles. The molecule has 0 bridgehead atoms. The molecule has 2 aromatic rings. The lowest BCUT2D eigenvalue weighted by Gasteiger charge is -2.11. The highest BCUT2D eigenvalue weighted by Crippen LogP contribution is 2.27. The molecule has 1 N–H and O–H groups in total. The summed E-state index contributed by atoms with van der Waals surface area (Å²) in [6.45, 7) is 2.63. The molecule has 6 heteroatoms. The second-order valence-corrected chi connectivity index (χ2v) is 5.46. The Morgan fingerprint density at radius 2 is 2.14 bits per heavy atom. The van der Waals surface area contributed by atoms with E-state index in [1.165, 1.54) is 25.0 Å². The minimum Gasteiger partial charge on any atom is -0.350 e. The molecule has 1 saturated carbocycles. The maximum Gasteiger partial charge on any atom is 0.273 e. The standard InChI is InChI=1S/C15H17FN4O/c1-10(12-4-6-13(16)7-5-12)20-9-14(18-19-20)15(21)17-8-11-2-3-11/h4-7,9-11H,2-3,8H2,1H3,(H,17,21). The maximum atomic E-state index is 12.9. The van der Waals surface area contributed by atoms with E-state index in [4.69, 9.17) is 0 Å². The lowest BCUT2D eigenvalue weighted by Crippen LogP contribution is -2.25. The van der Waals surface area contributed by atoms with E-state index in [0.29, 0.717) is 18.2 Å². The van der Waals surface area contributed by atoms with Crippen LogP contribution in [0.1, 0.15) is 41.9 Å². The number of benzene rings is 1. The Balaban J connectivity index is 1.68. The molecule has 1 fully saturated rings. The number of carbonyl (C=O) groups excluding carboxylic acids is 1. The summed E-state index contributed by atoms with van der Waals surface area (Å²) >= 11 is 0. The molecule has 3 rings (SSSR count). The number of nitrogens with zero attached hydrogens (tertiary/aromatic N) is 3. The van der Waals surface area contributed by atoms with Crippen LogP contribution in [-0.2, 0) is 0 Å². The van der Waals surface area contributed by atoms with Crippen LogP contribution < -0.4 is 5.32 Å². The van der Waals surface area contributed by atoms with Gasteiger partial charge in [0.1, 0.15) is 5.82 Å². The van der Waals surface area contributed by atoms with Crippen molar-refractivity contribution in [2.45, 2.75) is 25.8 Å². The van der Waals surface area contributed by atoms with E-state index in [-0.39, 0.29) is 17.8 Å². The summed E-state index contributed by atoms with van der Waals surface area (Å²) in [6.07, 6.45) is 4.00. The van der Waals surface area contributed by atoms with Gasteiger partial charge in [-0.05, 0) is 43.4 Å². The quantitative estimate of drug-likeness (QED) is 0.917. The number of hydrogen-bond acceptors (Lipinski definition) is 3. The SMILES string of the molecule is CC(c1ccc(F)cc1)n1cc(C(=O)NCC2CC2)nn1. The molecular formula is C15H17FN4O. The fraction of sp³-hybridized carbons (Fsp3) is 0.400. The zero-order valence-electron chi connectivity index (χ0n) is 11.8. The van der Waals surface area contributed by atoms with Gasteiger partial charge in [0.05, 0.1) is 12.2 Å². The maximum absolute atomic E-state index is 12.9. The number of nitrogens with one attached hydrogen (secondary N) is 1. The highest BCUT2D eigenvalue weighted by atomic mass is 19.1. The molecule has 110 valence electrons. The minimum atomic E-state index is -0.273. The predicted molar refractivity (Wildman–Crippen MR) is 75.3 cm³/mol. The molecule has 1 amide bonds. The molecule has 1 aliphatic carbocycles. The lowest BCUT2D eigenvalue weighted by atomic mass is 10.1. The van der Waals surface area contributed by atoms with Crippen LogP contribution in [0, 0.1) is 11.7 Å². The van der Waals surface area contributed by atoms with Gasteiger partial charge in [0.15, 0.2) is 5.69 Å². The Morgan fingerprint density at radius 1 is 1.43 bits per heavy atom. The van der Waals surface area contributed by atoms with E-state index in [0.717, 1.165) is 5.56 Å². The van der Waals surface area contributed by atoms with E-state index in [1.54, 1.807) is 23.0 Å². The Labute approximate surface area is 122 Å². The van der Waals surface area contributed by atoms with Crippen LogP contribution in [0.2, 0.25) is 0 Å². The monoisotopic (exact) mass is 288 g/mol. The van der Waals surface area contributed by atoms with E-state index in [9.17, 15) is 9.18 Å². The van der Waals surface area contributed by atoms with Gasteiger partial charge in [-0.1, -0.05) is 17.3 Å². The molecule has 1 aliphatic rings. The van der Waals surface area contributed by atoms with E-state index >= 15 is 0 Å². The molecule has 0 aliphatic heterocycles. The third-order valence-corrected chi connectivity index (χ3v) is 3.74. The number of halogens is 1. The van der Waals surface area contributed by atoms with Gasteiger partial charge in [-0.25, -0.2) is 9.07 Å². The topological polar surface area (TPSA) is 59.8 Å². The van der Waals surface area contributed by atoms with Crippen molar-refractivity contribution in [1.29, 1.82) is 0 Å². The van der Waals surface area contributed by atoms with Crippen LogP contribution in [0.5, 0.6) is 0 Å². The third-order valence-electron chi connectivity index (χ3n) is 3.74. The van der Waals surface area contributed by atoms with Crippen LogP contribution in [0.3, 0.4) is 0 Å². The van der Waals surface area contributed by atoms with Crippen molar-refractivity contribution >= 4 is 5.91 Å². The highest BCUT2D eigenvalue weighted by Gasteiger charge is 2.22. The average Bonchev–Trinajstić information content (AvgIpc) is 3.19. The number of aromatic nitrogens is 3. The zero-order valence-corrected chi connectivity index (χ0v) is 11.8. The van der Waals surface area contributed by atoms with Gasteiger partial charge < -0.3 is 5.32 Å². The summed E-state index contributed by atoms with van der Waals surface area (Å²) < 4.78 is 14.5. The summed E-state index contributed by atoms with van der Waals surface area (Å²) in [6, 6.07) is 6.12. The molecule has 1 atom stereocenters. The lowest BCUT2D eigenvalue weighted by molar-refractivity contribution is 0.0946. The van der Waals surface area contributed by atoms with Crippen molar-refractivity contribution in [3.05, 3.63) is 47.5 Å². The fourth-order valence-corrected chi connectivity index (χ4v) is 2.11. The third kappa shape index (κ3) is 3.26. The second kappa shape index (κ2) is 5.63. The highest BCUT2D eigenvalue weighted by molar-refractivity contribution is 5.91. The molecular weight excluding hydrogens is 271 g/mol. The van der Waals surface area contributed by atoms with Crippen molar-refractivity contribution in [2.75, 3.05) is 6.54 Å². The van der Waals surface area contributed by atoms with Crippen molar-refractivity contribution in [1.82, 2.24) is 20.3 Å². The van der Waals surface area contributed by atoms with E-state index in [1.807, 2.05) is 6.92 Å². The fourth-order valence-electron chi connectivity index (χ4n) is 2.11. The number of hydrogen-bond donors (Lipinski definition) is 1. The Hall–Kier alpha value is -2.24. The van der Waals surface area contributed by atoms with Crippen molar-refractivity contribution in [3.8, 4) is 0 Å². The first-order valence-corrected chi connectivity index (χ1v) is 7.09. The van der Waals surface area contributed by atoms with Crippen LogP contribution in [-0.4, -0.2) is 27.4 Å². The molecule has 21 heavy (non-hydrogen) atoms. The second-order valence-electron chi connectivity index (χ2n) is 5.46. The summed E-state index contributed by atoms with van der Waals surface area (Å²) in [5, 5.41) is 10.8. The van der Waals surface area contributed by atoms with Gasteiger partial charge in [0.2, 0.25) is 0 Å². The van der Waals surface area contributed by atoms with E-state index < -0.39 is 0 Å². The molecule has 0 radical (unpaired) electrons. The Bertz CT molecular complexity index is 633. The summed E-state index contributed by atoms with van der Waals surface area (Å²) in [4.78, 5) is 11.9. The molecule has 1 aromatic heterocycles. The Kier molecular flexibility index (Phi) is 3.68. The van der Waals surface area contributed by atoms with Gasteiger partial charge in [-0.3, -0.25) is 4.79 Å². The first-order chi connectivity index (χ1) is 10.1. The van der Waals surface area contributed by atoms with Gasteiger partial charge in [-0.15, -0.1) is 5.10 Å². The molecule has 0 spiro atoms. The first-order valence-electron chi connectivity index (χ1n) is 7.09.